The molecule has 2 heterocycles. The van der Waals surface area contributed by atoms with Crippen molar-refractivity contribution >= 4 is 76.3 Å². The number of nitrogens with two attached hydrogens (primary N) is 1. The number of benzene rings is 4. The number of fused-ring (bicyclic) bond motifs is 2. The quantitative estimate of drug-likeness (QED) is 0.0954. The third kappa shape index (κ3) is 11.1. The molecule has 0 saturated heterocycles. The molecule has 0 saturated carbocycles. The summed E-state index contributed by atoms with van der Waals surface area (Å²) in [6.45, 7) is 3.80. The van der Waals surface area contributed by atoms with Gasteiger partial charge < -0.3 is 21.7 Å². The van der Waals surface area contributed by atoms with E-state index < -0.39 is 23.4 Å². The molecule has 2 aliphatic rings. The van der Waals surface area contributed by atoms with E-state index in [1.54, 1.807) is 24.8 Å². The molecule has 18 heteroatoms. The summed E-state index contributed by atoms with van der Waals surface area (Å²) in [5.41, 5.74) is 11.4. The topological polar surface area (TPSA) is 148 Å². The molecule has 2 atom stereocenters. The van der Waals surface area contributed by atoms with E-state index in [1.807, 2.05) is 13.8 Å². The molecule has 0 radical (unpaired) electrons. The predicted molar refractivity (Wildman–Crippen MR) is 227 cm³/mol. The third-order valence-corrected chi connectivity index (χ3v) is 10.2. The van der Waals surface area contributed by atoms with E-state index in [0.717, 1.165) is 11.1 Å². The van der Waals surface area contributed by atoms with Gasteiger partial charge in [-0.25, -0.2) is 37.5 Å². The van der Waals surface area contributed by atoms with Crippen LogP contribution < -0.4 is 21.7 Å². The van der Waals surface area contributed by atoms with Crippen LogP contribution in [-0.4, -0.2) is 31.8 Å². The monoisotopic (exact) mass is 900 g/mol. The number of aryl methyl sites for hydroxylation is 2. The lowest BCUT2D eigenvalue weighted by Crippen LogP contribution is -2.16. The average Bonchev–Trinajstić information content (AvgIpc) is 3.82. The minimum Gasteiger partial charge on any atom is -0.347 e. The highest BCUT2D eigenvalue weighted by atomic mass is 35.5. The van der Waals surface area contributed by atoms with Crippen LogP contribution in [0.15, 0.2) is 85.5 Å². The molecule has 60 heavy (non-hydrogen) atoms. The van der Waals surface area contributed by atoms with E-state index in [9.17, 15) is 27.2 Å². The first-order chi connectivity index (χ1) is 28.2. The Balaban J connectivity index is 0.000000194. The number of carbonyl (C=O) groups is 2. The lowest BCUT2D eigenvalue weighted by Gasteiger charge is -2.16. The van der Waals surface area contributed by atoms with E-state index in [1.165, 1.54) is 60.7 Å². The number of aromatic nitrogens is 4. The second kappa shape index (κ2) is 20.3. The van der Waals surface area contributed by atoms with Crippen molar-refractivity contribution in [1.82, 2.24) is 19.9 Å². The zero-order valence-corrected chi connectivity index (χ0v) is 34.9. The van der Waals surface area contributed by atoms with E-state index in [-0.39, 0.29) is 46.2 Å². The Morgan fingerprint density at radius 2 is 1.07 bits per heavy atom. The summed E-state index contributed by atoms with van der Waals surface area (Å²) in [4.78, 5) is 41.0. The minimum atomic E-state index is -0.570. The summed E-state index contributed by atoms with van der Waals surface area (Å²) in [6, 6.07) is 12.5. The van der Waals surface area contributed by atoms with Crippen LogP contribution in [0.4, 0.5) is 34.9 Å². The fraction of sp³-hybridized carbons (Fsp3) is 0.190. The first kappa shape index (κ1) is 45.7. The molecular formula is C42H36Cl4F4N8O2. The zero-order chi connectivity index (χ0) is 42.4. The molecule has 0 fully saturated rings. The smallest absolute Gasteiger partial charge is 0.255 e. The Labute approximate surface area is 363 Å². The summed E-state index contributed by atoms with van der Waals surface area (Å²) < 4.78 is 54.9. The van der Waals surface area contributed by atoms with Crippen LogP contribution in [0.1, 0.15) is 79.0 Å². The van der Waals surface area contributed by atoms with Crippen LogP contribution >= 0.6 is 47.2 Å². The molecule has 4 aromatic carbocycles. The van der Waals surface area contributed by atoms with Crippen molar-refractivity contribution in [2.75, 3.05) is 16.0 Å². The molecule has 10 nitrogen and oxygen atoms in total. The van der Waals surface area contributed by atoms with E-state index in [4.69, 9.17) is 40.5 Å². The van der Waals surface area contributed by atoms with E-state index in [0.29, 0.717) is 81.7 Å². The largest absolute Gasteiger partial charge is 0.347 e. The van der Waals surface area contributed by atoms with Gasteiger partial charge in [-0.15, -0.1) is 12.4 Å². The Hall–Kier alpha value is -5.38. The fourth-order valence-electron chi connectivity index (χ4n) is 6.58. The SMILES string of the molecule is Cc1cnc(Cl)nc1.Cc1cnc(N[C@H]2CCc3c(C(=O)Nc4ccc(F)c(Cl)c4)ccc(F)c32)nc1.Cl.N[C@H]1CCc2c(C(=O)Nc3ccc(F)c(Cl)c3)ccc(F)c21. The highest BCUT2D eigenvalue weighted by molar-refractivity contribution is 6.31. The number of amides is 2. The number of nitrogens with one attached hydrogen (secondary N) is 3. The van der Waals surface area contributed by atoms with Gasteiger partial charge in [0, 0.05) is 64.5 Å². The molecular weight excluding hydrogens is 866 g/mol. The molecule has 2 amide bonds. The predicted octanol–water partition coefficient (Wildman–Crippen LogP) is 10.7. The number of hydrogen-bond acceptors (Lipinski definition) is 8. The molecule has 6 aromatic rings. The Morgan fingerprint density at radius 3 is 1.55 bits per heavy atom. The molecule has 5 N–H and O–H groups in total. The van der Waals surface area contributed by atoms with Crippen LogP contribution in [0, 0.1) is 37.1 Å². The van der Waals surface area contributed by atoms with Crippen LogP contribution in [0.5, 0.6) is 0 Å². The molecule has 312 valence electrons. The maximum Gasteiger partial charge on any atom is 0.255 e. The number of rotatable bonds is 6. The van der Waals surface area contributed by atoms with Crippen LogP contribution in [-0.2, 0) is 12.8 Å². The molecule has 0 unspecified atom stereocenters. The van der Waals surface area contributed by atoms with Gasteiger partial charge in [-0.2, -0.15) is 0 Å². The lowest BCUT2D eigenvalue weighted by atomic mass is 10.0. The Bertz CT molecular complexity index is 2500. The average molecular weight is 903 g/mol. The Kier molecular flexibility index (Phi) is 15.4. The standard InChI is InChI=1S/C21H17ClF2N4O.C16H13ClF2N2O.C5H5ClN2.ClH/c1-11-9-25-21(26-10-11)28-18-7-4-13-14(3-6-17(24)19(13)18)20(29)27-12-2-5-16(23)15(22)8-12;17-11-7-8(1-4-12(11)18)21-16(22)10-2-5-13(19)15-9(10)3-6-14(15)20;1-4-2-7-5(6)8-3-4;/h2-3,5-6,8-10,18H,4,7H2,1H3,(H,27,29)(H,25,26,28);1-2,4-5,7,14H,3,6,20H2,(H,21,22);2-3H,1H3;1H/t18-;14-;;/m00../s1. The molecule has 2 aliphatic carbocycles. The van der Waals surface area contributed by atoms with Crippen molar-refractivity contribution in [3.05, 3.63) is 169 Å². The second-order valence-corrected chi connectivity index (χ2v) is 14.8. The number of nitrogens with zero attached hydrogens (tertiary/aromatic N) is 4. The summed E-state index contributed by atoms with van der Waals surface area (Å²) in [5, 5.41) is 8.60. The first-order valence-corrected chi connectivity index (χ1v) is 19.2. The van der Waals surface area contributed by atoms with E-state index in [2.05, 4.69) is 35.9 Å². The molecule has 0 spiro atoms. The fourth-order valence-corrected chi connectivity index (χ4v) is 7.04. The third-order valence-electron chi connectivity index (χ3n) is 9.39. The number of halogens is 8. The van der Waals surface area contributed by atoms with Crippen LogP contribution in [0.3, 0.4) is 0 Å². The summed E-state index contributed by atoms with van der Waals surface area (Å²) in [5.74, 6) is -2.30. The van der Waals surface area contributed by atoms with Crippen LogP contribution in [0.25, 0.3) is 0 Å². The van der Waals surface area contributed by atoms with E-state index >= 15 is 0 Å². The van der Waals surface area contributed by atoms with Gasteiger partial charge in [-0.1, -0.05) is 23.2 Å². The summed E-state index contributed by atoms with van der Waals surface area (Å²) >= 11 is 16.8. The maximum atomic E-state index is 14.6. The number of hydrogen-bond donors (Lipinski definition) is 4. The van der Waals surface area contributed by atoms with Crippen molar-refractivity contribution in [1.29, 1.82) is 0 Å². The number of carbonyl (C=O) groups excluding carboxylic acids is 2. The highest BCUT2D eigenvalue weighted by Gasteiger charge is 2.31. The highest BCUT2D eigenvalue weighted by Crippen LogP contribution is 2.38. The lowest BCUT2D eigenvalue weighted by molar-refractivity contribution is 0.101. The van der Waals surface area contributed by atoms with Crippen molar-refractivity contribution in [2.24, 2.45) is 5.73 Å². The van der Waals surface area contributed by atoms with Gasteiger partial charge in [0.25, 0.3) is 11.8 Å². The summed E-state index contributed by atoms with van der Waals surface area (Å²) in [6.07, 6.45) is 9.02. The second-order valence-electron chi connectivity index (χ2n) is 13.6. The van der Waals surface area contributed by atoms with Gasteiger partial charge in [0.2, 0.25) is 11.2 Å². The summed E-state index contributed by atoms with van der Waals surface area (Å²) in [7, 11) is 0. The maximum absolute atomic E-state index is 14.6. The molecule has 0 aliphatic heterocycles. The van der Waals surface area contributed by atoms with Crippen molar-refractivity contribution < 1.29 is 27.2 Å². The van der Waals surface area contributed by atoms with Gasteiger partial charge in [-0.05, 0) is 134 Å². The first-order valence-electron chi connectivity index (χ1n) is 18.1. The molecule has 2 aromatic heterocycles. The minimum absolute atomic E-state index is 0. The van der Waals surface area contributed by atoms with Gasteiger partial charge in [0.05, 0.1) is 16.1 Å². The van der Waals surface area contributed by atoms with Gasteiger partial charge in [-0.3, -0.25) is 9.59 Å². The van der Waals surface area contributed by atoms with Crippen molar-refractivity contribution in [3.8, 4) is 0 Å². The molecule has 8 rings (SSSR count). The van der Waals surface area contributed by atoms with Crippen molar-refractivity contribution in [2.45, 2.75) is 51.6 Å². The van der Waals surface area contributed by atoms with Gasteiger partial charge in [0.1, 0.15) is 23.3 Å². The van der Waals surface area contributed by atoms with Gasteiger partial charge in [0.15, 0.2) is 0 Å². The van der Waals surface area contributed by atoms with Crippen molar-refractivity contribution in [3.63, 3.8) is 0 Å². The van der Waals surface area contributed by atoms with Crippen LogP contribution in [0.2, 0.25) is 15.3 Å². The Morgan fingerprint density at radius 1 is 0.633 bits per heavy atom. The van der Waals surface area contributed by atoms with Gasteiger partial charge >= 0.3 is 0 Å². The normalized spacial score (nSPS) is 14.6. The number of anilines is 3. The zero-order valence-electron chi connectivity index (χ0n) is 31.8. The molecule has 0 bridgehead atoms.